The van der Waals surface area contributed by atoms with Crippen LogP contribution in [0.4, 0.5) is 5.69 Å². The van der Waals surface area contributed by atoms with Crippen molar-refractivity contribution in [3.63, 3.8) is 0 Å². The number of anilines is 1. The number of halogens is 1. The molecule has 1 aliphatic carbocycles. The molecule has 0 aromatic heterocycles. The van der Waals surface area contributed by atoms with Gasteiger partial charge in [0.1, 0.15) is 11.9 Å². The van der Waals surface area contributed by atoms with E-state index in [0.717, 1.165) is 32.1 Å². The number of benzene rings is 2. The van der Waals surface area contributed by atoms with Crippen LogP contribution in [0.15, 0.2) is 47.4 Å². The Morgan fingerprint density at radius 2 is 1.85 bits per heavy atom. The number of fused-ring (bicyclic) bond motifs is 1. The van der Waals surface area contributed by atoms with Gasteiger partial charge in [-0.15, -0.1) is 0 Å². The predicted octanol–water partition coefficient (Wildman–Crippen LogP) is 4.33. The summed E-state index contributed by atoms with van der Waals surface area (Å²) in [5, 5.41) is 13.3. The Labute approximate surface area is 247 Å². The van der Waals surface area contributed by atoms with E-state index in [1.807, 2.05) is 6.92 Å². The third-order valence-electron chi connectivity index (χ3n) is 8.12. The van der Waals surface area contributed by atoms with Crippen LogP contribution in [0.3, 0.4) is 0 Å². The second kappa shape index (κ2) is 13.5. The minimum atomic E-state index is -3.84. The van der Waals surface area contributed by atoms with Crippen molar-refractivity contribution in [3.05, 3.63) is 53.1 Å². The predicted molar refractivity (Wildman–Crippen MR) is 158 cm³/mol. The van der Waals surface area contributed by atoms with Gasteiger partial charge < -0.3 is 20.1 Å². The molecular formula is C30H40ClN3O6S. The molecule has 0 saturated heterocycles. The first-order valence-corrected chi connectivity index (χ1v) is 16.0. The molecule has 0 bridgehead atoms. The smallest absolute Gasteiger partial charge is 0.242 e. The van der Waals surface area contributed by atoms with Crippen LogP contribution in [-0.4, -0.2) is 73.4 Å². The van der Waals surface area contributed by atoms with Crippen molar-refractivity contribution >= 4 is 39.1 Å². The lowest BCUT2D eigenvalue weighted by Gasteiger charge is -2.33. The van der Waals surface area contributed by atoms with E-state index in [4.69, 9.17) is 16.3 Å². The Balaban J connectivity index is 1.62. The largest absolute Gasteiger partial charge is 0.488 e. The molecule has 1 aliphatic heterocycles. The number of carbonyl (C=O) groups is 2. The van der Waals surface area contributed by atoms with Gasteiger partial charge in [-0.25, -0.2) is 8.42 Å². The quantitative estimate of drug-likeness (QED) is 0.463. The zero-order chi connectivity index (χ0) is 29.7. The molecule has 41 heavy (non-hydrogen) atoms. The first kappa shape index (κ1) is 31.3. The van der Waals surface area contributed by atoms with Gasteiger partial charge in [0, 0.05) is 41.7 Å². The lowest BCUT2D eigenvalue weighted by atomic mass is 9.88. The second-order valence-electron chi connectivity index (χ2n) is 11.3. The molecule has 0 radical (unpaired) electrons. The van der Waals surface area contributed by atoms with Gasteiger partial charge in [-0.2, -0.15) is 4.31 Å². The van der Waals surface area contributed by atoms with Crippen molar-refractivity contribution in [3.8, 4) is 5.75 Å². The summed E-state index contributed by atoms with van der Waals surface area (Å²) in [5.41, 5.74) is 1.18. The standard InChI is InChI=1S/C30H40ClN3O6S/c1-20-17-34(21(2)19-35)29(36)16-23-15-25(32-30(37)22-7-5-4-6-8-22)11-14-27(23)40-28(20)18-33(3)41(38,39)26-12-9-24(31)10-13-26/h9-15,20-22,28,35H,4-8,16-19H2,1-3H3,(H,32,37)/t20-,21-,28-/m0/s1. The number of hydrogen-bond acceptors (Lipinski definition) is 6. The van der Waals surface area contributed by atoms with Crippen LogP contribution in [0.1, 0.15) is 51.5 Å². The van der Waals surface area contributed by atoms with E-state index in [9.17, 15) is 23.1 Å². The molecule has 9 nitrogen and oxygen atoms in total. The highest BCUT2D eigenvalue weighted by Gasteiger charge is 2.33. The summed E-state index contributed by atoms with van der Waals surface area (Å²) in [6.45, 7) is 3.78. The van der Waals surface area contributed by atoms with E-state index < -0.39 is 22.2 Å². The molecule has 1 fully saturated rings. The molecule has 1 heterocycles. The molecule has 3 atom stereocenters. The number of carbonyl (C=O) groups excluding carboxylic acids is 2. The number of nitrogens with zero attached hydrogens (tertiary/aromatic N) is 2. The molecule has 2 aliphatic rings. The maximum absolute atomic E-state index is 13.5. The third kappa shape index (κ3) is 7.60. The van der Waals surface area contributed by atoms with Gasteiger partial charge in [0.05, 0.1) is 30.5 Å². The van der Waals surface area contributed by atoms with E-state index in [2.05, 4.69) is 5.32 Å². The Morgan fingerprint density at radius 3 is 2.51 bits per heavy atom. The molecule has 1 saturated carbocycles. The lowest BCUT2D eigenvalue weighted by molar-refractivity contribution is -0.134. The van der Waals surface area contributed by atoms with Crippen molar-refractivity contribution in [1.29, 1.82) is 0 Å². The Hall–Kier alpha value is -2.66. The number of aliphatic hydroxyl groups is 1. The maximum atomic E-state index is 13.5. The number of nitrogens with one attached hydrogen (secondary N) is 1. The Kier molecular flexibility index (Phi) is 10.3. The average molecular weight is 606 g/mol. The second-order valence-corrected chi connectivity index (χ2v) is 13.8. The van der Waals surface area contributed by atoms with Gasteiger partial charge in [0.2, 0.25) is 21.8 Å². The molecule has 0 unspecified atom stereocenters. The van der Waals surface area contributed by atoms with Crippen molar-refractivity contribution < 1.29 is 27.9 Å². The zero-order valence-electron chi connectivity index (χ0n) is 23.9. The van der Waals surface area contributed by atoms with Crippen LogP contribution in [0, 0.1) is 11.8 Å². The van der Waals surface area contributed by atoms with Crippen LogP contribution in [-0.2, 0) is 26.0 Å². The molecule has 4 rings (SSSR count). The number of ether oxygens (including phenoxy) is 1. The fraction of sp³-hybridized carbons (Fsp3) is 0.533. The maximum Gasteiger partial charge on any atom is 0.242 e. The molecule has 224 valence electrons. The number of amides is 2. The highest BCUT2D eigenvalue weighted by Crippen LogP contribution is 2.31. The molecule has 2 aromatic carbocycles. The summed E-state index contributed by atoms with van der Waals surface area (Å²) in [4.78, 5) is 28.1. The van der Waals surface area contributed by atoms with Gasteiger partial charge in [-0.1, -0.05) is 37.8 Å². The summed E-state index contributed by atoms with van der Waals surface area (Å²) in [7, 11) is -2.34. The minimum Gasteiger partial charge on any atom is -0.488 e. The van der Waals surface area contributed by atoms with Gasteiger partial charge in [-0.05, 0) is 62.2 Å². The van der Waals surface area contributed by atoms with Gasteiger partial charge >= 0.3 is 0 Å². The molecule has 2 N–H and O–H groups in total. The SMILES string of the molecule is C[C@H]1CN([C@@H](C)CO)C(=O)Cc2cc(NC(=O)C3CCCCC3)ccc2O[C@H]1CN(C)S(=O)(=O)c1ccc(Cl)cc1. The zero-order valence-corrected chi connectivity index (χ0v) is 25.5. The topological polar surface area (TPSA) is 116 Å². The van der Waals surface area contributed by atoms with Crippen molar-refractivity contribution in [1.82, 2.24) is 9.21 Å². The summed E-state index contributed by atoms with van der Waals surface area (Å²) >= 11 is 5.95. The van der Waals surface area contributed by atoms with Gasteiger partial charge in [0.15, 0.2) is 0 Å². The third-order valence-corrected chi connectivity index (χ3v) is 10.2. The highest BCUT2D eigenvalue weighted by atomic mass is 35.5. The summed E-state index contributed by atoms with van der Waals surface area (Å²) in [6.07, 6.45) is 4.40. The summed E-state index contributed by atoms with van der Waals surface area (Å²) < 4.78 is 34.4. The monoisotopic (exact) mass is 605 g/mol. The summed E-state index contributed by atoms with van der Waals surface area (Å²) in [5.74, 6) is -0.0250. The molecule has 2 aromatic rings. The van der Waals surface area contributed by atoms with Crippen LogP contribution in [0.25, 0.3) is 0 Å². The fourth-order valence-corrected chi connectivity index (χ4v) is 6.78. The van der Waals surface area contributed by atoms with E-state index in [1.54, 1.807) is 30.0 Å². The van der Waals surface area contributed by atoms with Gasteiger partial charge in [0.25, 0.3) is 0 Å². The van der Waals surface area contributed by atoms with E-state index >= 15 is 0 Å². The first-order valence-electron chi connectivity index (χ1n) is 14.2. The average Bonchev–Trinajstić information content (AvgIpc) is 3.00. The van der Waals surface area contributed by atoms with Crippen molar-refractivity contribution in [2.45, 2.75) is 69.4 Å². The van der Waals surface area contributed by atoms with E-state index in [1.165, 1.54) is 35.6 Å². The van der Waals surface area contributed by atoms with Crippen molar-refractivity contribution in [2.24, 2.45) is 11.8 Å². The molecular weight excluding hydrogens is 566 g/mol. The number of hydrogen-bond donors (Lipinski definition) is 2. The van der Waals surface area contributed by atoms with Crippen molar-refractivity contribution in [2.75, 3.05) is 32.1 Å². The minimum absolute atomic E-state index is 0.0175. The van der Waals surface area contributed by atoms with E-state index in [-0.39, 0.29) is 54.7 Å². The highest BCUT2D eigenvalue weighted by molar-refractivity contribution is 7.89. The number of likely N-dealkylation sites (N-methyl/N-ethyl adjacent to an activating group) is 1. The fourth-order valence-electron chi connectivity index (χ4n) is 5.47. The number of sulfonamides is 1. The molecule has 11 heteroatoms. The summed E-state index contributed by atoms with van der Waals surface area (Å²) in [6, 6.07) is 10.8. The normalized spacial score (nSPS) is 21.3. The number of rotatable bonds is 8. The van der Waals surface area contributed by atoms with Crippen LogP contribution in [0.5, 0.6) is 5.75 Å². The van der Waals surface area contributed by atoms with Gasteiger partial charge in [-0.3, -0.25) is 9.59 Å². The lowest BCUT2D eigenvalue weighted by Crippen LogP contribution is -2.48. The van der Waals surface area contributed by atoms with Crippen LogP contribution in [0.2, 0.25) is 5.02 Å². The van der Waals surface area contributed by atoms with Crippen LogP contribution >= 0.6 is 11.6 Å². The molecule has 2 amide bonds. The first-order chi connectivity index (χ1) is 19.5. The Morgan fingerprint density at radius 1 is 1.17 bits per heavy atom. The van der Waals surface area contributed by atoms with Crippen LogP contribution < -0.4 is 10.1 Å². The Bertz CT molecular complexity index is 1330. The number of aliphatic hydroxyl groups excluding tert-OH is 1. The van der Waals surface area contributed by atoms with E-state index in [0.29, 0.717) is 22.0 Å². The molecule has 0 spiro atoms.